The lowest BCUT2D eigenvalue weighted by atomic mass is 9.94. The van der Waals surface area contributed by atoms with E-state index in [0.717, 1.165) is 0 Å². The Morgan fingerprint density at radius 3 is 2.76 bits per heavy atom. The molecule has 1 atom stereocenters. The van der Waals surface area contributed by atoms with Gasteiger partial charge in [0.15, 0.2) is 11.5 Å². The predicted molar refractivity (Wildman–Crippen MR) is 74.4 cm³/mol. The minimum atomic E-state index is -0.888. The first kappa shape index (κ1) is 14.2. The maximum Gasteiger partial charge on any atom is 0.264 e. The van der Waals surface area contributed by atoms with Gasteiger partial charge >= 0.3 is 0 Å². The molecule has 0 bridgehead atoms. The van der Waals surface area contributed by atoms with Gasteiger partial charge in [-0.3, -0.25) is 4.79 Å². The number of para-hydroxylation sites is 2. The van der Waals surface area contributed by atoms with Gasteiger partial charge < -0.3 is 24.6 Å². The molecule has 6 nitrogen and oxygen atoms in total. The van der Waals surface area contributed by atoms with Crippen molar-refractivity contribution in [2.45, 2.75) is 24.5 Å². The number of carbonyl (C=O) groups excluding carboxylic acids is 1. The second-order valence-electron chi connectivity index (χ2n) is 5.42. The molecule has 3 rings (SSSR count). The molecule has 0 saturated carbocycles. The molecule has 2 N–H and O–H groups in total. The van der Waals surface area contributed by atoms with Crippen molar-refractivity contribution in [1.29, 1.82) is 0 Å². The lowest BCUT2D eigenvalue weighted by Crippen LogP contribution is -2.51. The second-order valence-corrected chi connectivity index (χ2v) is 5.42. The molecule has 1 amide bonds. The molecule has 2 aliphatic rings. The van der Waals surface area contributed by atoms with Crippen LogP contribution in [0.5, 0.6) is 11.5 Å². The number of aliphatic hydroxyl groups is 1. The Bertz CT molecular complexity index is 513. The molecule has 1 aromatic rings. The molecule has 6 heteroatoms. The van der Waals surface area contributed by atoms with Crippen molar-refractivity contribution < 1.29 is 24.1 Å². The standard InChI is InChI=1S/C15H19NO5/c17-14(16-10-15(18)5-7-19-8-6-15)13-9-20-11-3-1-2-4-12(11)21-13/h1-4,13,18H,5-10H2,(H,16,17). The minimum Gasteiger partial charge on any atom is -0.485 e. The number of hydrogen-bond donors (Lipinski definition) is 2. The van der Waals surface area contributed by atoms with E-state index in [0.29, 0.717) is 37.6 Å². The quantitative estimate of drug-likeness (QED) is 0.848. The van der Waals surface area contributed by atoms with E-state index in [1.165, 1.54) is 0 Å². The smallest absolute Gasteiger partial charge is 0.264 e. The molecule has 0 spiro atoms. The average Bonchev–Trinajstić information content (AvgIpc) is 2.53. The number of hydrogen-bond acceptors (Lipinski definition) is 5. The monoisotopic (exact) mass is 293 g/mol. The summed E-state index contributed by atoms with van der Waals surface area (Å²) in [6, 6.07) is 7.24. The van der Waals surface area contributed by atoms with E-state index in [1.54, 1.807) is 12.1 Å². The zero-order valence-corrected chi connectivity index (χ0v) is 11.7. The van der Waals surface area contributed by atoms with Crippen LogP contribution in [-0.2, 0) is 9.53 Å². The van der Waals surface area contributed by atoms with Gasteiger partial charge in [0.05, 0.1) is 5.60 Å². The average molecular weight is 293 g/mol. The minimum absolute atomic E-state index is 0.171. The molecule has 21 heavy (non-hydrogen) atoms. The third-order valence-corrected chi connectivity index (χ3v) is 3.82. The Balaban J connectivity index is 1.55. The van der Waals surface area contributed by atoms with Gasteiger partial charge in [0.2, 0.25) is 6.10 Å². The molecular formula is C15H19NO5. The van der Waals surface area contributed by atoms with E-state index in [-0.39, 0.29) is 19.1 Å². The van der Waals surface area contributed by atoms with Crippen LogP contribution in [0.3, 0.4) is 0 Å². The van der Waals surface area contributed by atoms with Crippen molar-refractivity contribution in [1.82, 2.24) is 5.32 Å². The number of carbonyl (C=O) groups is 1. The number of ether oxygens (including phenoxy) is 3. The van der Waals surface area contributed by atoms with Crippen LogP contribution in [0, 0.1) is 0 Å². The highest BCUT2D eigenvalue weighted by molar-refractivity contribution is 5.81. The molecule has 0 radical (unpaired) electrons. The van der Waals surface area contributed by atoms with E-state index >= 15 is 0 Å². The third-order valence-electron chi connectivity index (χ3n) is 3.82. The van der Waals surface area contributed by atoms with Crippen LogP contribution in [-0.4, -0.2) is 49.1 Å². The van der Waals surface area contributed by atoms with Crippen LogP contribution in [0.1, 0.15) is 12.8 Å². The van der Waals surface area contributed by atoms with E-state index in [2.05, 4.69) is 5.32 Å². The summed E-state index contributed by atoms with van der Waals surface area (Å²) in [4.78, 5) is 12.1. The second kappa shape index (κ2) is 5.91. The van der Waals surface area contributed by atoms with Gasteiger partial charge in [-0.1, -0.05) is 12.1 Å². The van der Waals surface area contributed by atoms with Gasteiger partial charge in [0.25, 0.3) is 5.91 Å². The predicted octanol–water partition coefficient (Wildman–Crippen LogP) is 0.484. The largest absolute Gasteiger partial charge is 0.485 e. The first-order valence-corrected chi connectivity index (χ1v) is 7.13. The topological polar surface area (TPSA) is 77.0 Å². The molecular weight excluding hydrogens is 274 g/mol. The fourth-order valence-electron chi connectivity index (χ4n) is 2.44. The Kier molecular flexibility index (Phi) is 3.98. The van der Waals surface area contributed by atoms with Crippen LogP contribution in [0.4, 0.5) is 0 Å². The normalized spacial score (nSPS) is 23.4. The van der Waals surface area contributed by atoms with Crippen molar-refractivity contribution >= 4 is 5.91 Å². The molecule has 1 aromatic carbocycles. The van der Waals surface area contributed by atoms with Crippen LogP contribution >= 0.6 is 0 Å². The van der Waals surface area contributed by atoms with Gasteiger partial charge in [-0.2, -0.15) is 0 Å². The van der Waals surface area contributed by atoms with E-state index in [9.17, 15) is 9.90 Å². The van der Waals surface area contributed by atoms with Crippen molar-refractivity contribution in [2.24, 2.45) is 0 Å². The molecule has 2 heterocycles. The van der Waals surface area contributed by atoms with Gasteiger partial charge in [0.1, 0.15) is 6.61 Å². The Morgan fingerprint density at radius 2 is 2.00 bits per heavy atom. The van der Waals surface area contributed by atoms with Gasteiger partial charge in [-0.25, -0.2) is 0 Å². The lowest BCUT2D eigenvalue weighted by Gasteiger charge is -2.33. The zero-order valence-electron chi connectivity index (χ0n) is 11.7. The first-order chi connectivity index (χ1) is 10.2. The van der Waals surface area contributed by atoms with E-state index in [1.807, 2.05) is 12.1 Å². The summed E-state index contributed by atoms with van der Waals surface area (Å²) < 4.78 is 16.3. The number of nitrogens with one attached hydrogen (secondary N) is 1. The molecule has 0 aliphatic carbocycles. The summed E-state index contributed by atoms with van der Waals surface area (Å²) in [6.07, 6.45) is 0.361. The summed E-state index contributed by atoms with van der Waals surface area (Å²) in [5.74, 6) is 0.933. The van der Waals surface area contributed by atoms with Crippen LogP contribution in [0.25, 0.3) is 0 Å². The van der Waals surface area contributed by atoms with E-state index in [4.69, 9.17) is 14.2 Å². The van der Waals surface area contributed by atoms with Crippen LogP contribution in [0.15, 0.2) is 24.3 Å². The molecule has 0 aromatic heterocycles. The molecule has 114 valence electrons. The third kappa shape index (κ3) is 3.28. The Labute approximate surface area is 123 Å². The van der Waals surface area contributed by atoms with Crippen molar-refractivity contribution in [2.75, 3.05) is 26.4 Å². The number of benzene rings is 1. The van der Waals surface area contributed by atoms with Gasteiger partial charge in [-0.15, -0.1) is 0 Å². The Morgan fingerprint density at radius 1 is 1.29 bits per heavy atom. The van der Waals surface area contributed by atoms with E-state index < -0.39 is 11.7 Å². The maximum atomic E-state index is 12.1. The number of fused-ring (bicyclic) bond motifs is 1. The lowest BCUT2D eigenvalue weighted by molar-refractivity contribution is -0.133. The maximum absolute atomic E-state index is 12.1. The molecule has 2 aliphatic heterocycles. The summed E-state index contributed by atoms with van der Waals surface area (Å²) in [7, 11) is 0. The highest BCUT2D eigenvalue weighted by Crippen LogP contribution is 2.30. The van der Waals surface area contributed by atoms with Crippen molar-refractivity contribution in [3.63, 3.8) is 0 Å². The summed E-state index contributed by atoms with van der Waals surface area (Å²) in [5.41, 5.74) is -0.888. The fraction of sp³-hybridized carbons (Fsp3) is 0.533. The fourth-order valence-corrected chi connectivity index (χ4v) is 2.44. The molecule has 1 fully saturated rings. The molecule has 1 saturated heterocycles. The Hall–Kier alpha value is -1.79. The van der Waals surface area contributed by atoms with Crippen molar-refractivity contribution in [3.05, 3.63) is 24.3 Å². The van der Waals surface area contributed by atoms with Crippen LogP contribution < -0.4 is 14.8 Å². The number of rotatable bonds is 3. The summed E-state index contributed by atoms with van der Waals surface area (Å²) >= 11 is 0. The highest BCUT2D eigenvalue weighted by atomic mass is 16.6. The molecule has 1 unspecified atom stereocenters. The van der Waals surface area contributed by atoms with Crippen molar-refractivity contribution in [3.8, 4) is 11.5 Å². The zero-order chi connectivity index (χ0) is 14.7. The summed E-state index contributed by atoms with van der Waals surface area (Å²) in [6.45, 7) is 1.41. The highest BCUT2D eigenvalue weighted by Gasteiger charge is 2.33. The van der Waals surface area contributed by atoms with Gasteiger partial charge in [0, 0.05) is 32.6 Å². The number of amides is 1. The van der Waals surface area contributed by atoms with Gasteiger partial charge in [-0.05, 0) is 12.1 Å². The first-order valence-electron chi connectivity index (χ1n) is 7.13. The van der Waals surface area contributed by atoms with Crippen LogP contribution in [0.2, 0.25) is 0 Å². The SMILES string of the molecule is O=C(NCC1(O)CCOCC1)C1COc2ccccc2O1. The summed E-state index contributed by atoms with van der Waals surface area (Å²) in [5, 5.41) is 13.1.